The van der Waals surface area contributed by atoms with Crippen LogP contribution in [-0.2, 0) is 26.6 Å². The number of nitrogens with one attached hydrogen (secondary N) is 1. The number of aromatic nitrogens is 4. The first-order valence-electron chi connectivity index (χ1n) is 8.00. The normalized spacial score (nSPS) is 18.4. The number of aryl methyl sites for hydroxylation is 3. The molecule has 22 heavy (non-hydrogen) atoms. The lowest BCUT2D eigenvalue weighted by molar-refractivity contribution is 0.477. The molecule has 1 saturated heterocycles. The van der Waals surface area contributed by atoms with Gasteiger partial charge in [0.05, 0.1) is 0 Å². The van der Waals surface area contributed by atoms with Crippen molar-refractivity contribution in [2.24, 2.45) is 7.05 Å². The quantitative estimate of drug-likeness (QED) is 0.877. The van der Waals surface area contributed by atoms with Gasteiger partial charge in [0.2, 0.25) is 0 Å². The molecule has 0 bridgehead atoms. The Bertz CT molecular complexity index is 808. The van der Waals surface area contributed by atoms with Crippen LogP contribution in [-0.4, -0.2) is 31.3 Å². The number of rotatable bonds is 4. The van der Waals surface area contributed by atoms with E-state index in [1.165, 1.54) is 9.13 Å². The Morgan fingerprint density at radius 2 is 2.05 bits per heavy atom. The zero-order valence-electron chi connectivity index (χ0n) is 13.4. The number of hydrogen-bond donors (Lipinski definition) is 1. The third-order valence-electron chi connectivity index (χ3n) is 4.51. The molecule has 120 valence electrons. The highest BCUT2D eigenvalue weighted by atomic mass is 16.2. The van der Waals surface area contributed by atoms with Crippen LogP contribution in [0.4, 0.5) is 0 Å². The van der Waals surface area contributed by atoms with Crippen molar-refractivity contribution >= 4 is 11.2 Å². The van der Waals surface area contributed by atoms with E-state index < -0.39 is 0 Å². The second-order valence-electron chi connectivity index (χ2n) is 5.85. The molecule has 1 N–H and O–H groups in total. The SMILES string of the molecule is CCc1nc2c(c(=O)n(CC3CCCN3)c(=O)n2C)n1CC. The fourth-order valence-electron chi connectivity index (χ4n) is 3.32. The second-order valence-corrected chi connectivity index (χ2v) is 5.85. The van der Waals surface area contributed by atoms with E-state index in [0.717, 1.165) is 31.6 Å². The molecular weight excluding hydrogens is 282 g/mol. The van der Waals surface area contributed by atoms with Gasteiger partial charge in [0.15, 0.2) is 11.2 Å². The van der Waals surface area contributed by atoms with E-state index in [0.29, 0.717) is 24.3 Å². The molecule has 1 atom stereocenters. The van der Waals surface area contributed by atoms with Crippen LogP contribution >= 0.6 is 0 Å². The summed E-state index contributed by atoms with van der Waals surface area (Å²) in [4.78, 5) is 29.9. The van der Waals surface area contributed by atoms with Crippen LogP contribution in [0.15, 0.2) is 9.59 Å². The zero-order valence-corrected chi connectivity index (χ0v) is 13.4. The van der Waals surface area contributed by atoms with Gasteiger partial charge in [0, 0.05) is 32.6 Å². The molecule has 7 heteroatoms. The minimum Gasteiger partial charge on any atom is -0.322 e. The fraction of sp³-hybridized carbons (Fsp3) is 0.667. The maximum atomic E-state index is 12.9. The summed E-state index contributed by atoms with van der Waals surface area (Å²) >= 11 is 0. The van der Waals surface area contributed by atoms with Crippen molar-refractivity contribution < 1.29 is 0 Å². The van der Waals surface area contributed by atoms with Crippen LogP contribution < -0.4 is 16.6 Å². The van der Waals surface area contributed by atoms with Gasteiger partial charge in [0.1, 0.15) is 5.82 Å². The first-order valence-corrected chi connectivity index (χ1v) is 8.00. The van der Waals surface area contributed by atoms with E-state index in [4.69, 9.17) is 0 Å². The van der Waals surface area contributed by atoms with E-state index in [1.54, 1.807) is 7.05 Å². The van der Waals surface area contributed by atoms with Crippen LogP contribution in [0.25, 0.3) is 11.2 Å². The summed E-state index contributed by atoms with van der Waals surface area (Å²) in [5.41, 5.74) is 0.527. The summed E-state index contributed by atoms with van der Waals surface area (Å²) in [6.07, 6.45) is 2.83. The molecule has 0 radical (unpaired) electrons. The Kier molecular flexibility index (Phi) is 3.90. The highest BCUT2D eigenvalue weighted by molar-refractivity contribution is 5.71. The molecule has 0 spiro atoms. The van der Waals surface area contributed by atoms with Crippen LogP contribution in [0.3, 0.4) is 0 Å². The lowest BCUT2D eigenvalue weighted by Crippen LogP contribution is -2.43. The van der Waals surface area contributed by atoms with Crippen molar-refractivity contribution in [1.82, 2.24) is 24.0 Å². The maximum absolute atomic E-state index is 12.9. The third-order valence-corrected chi connectivity index (χ3v) is 4.51. The van der Waals surface area contributed by atoms with Gasteiger partial charge in [-0.15, -0.1) is 0 Å². The summed E-state index contributed by atoms with van der Waals surface area (Å²) < 4.78 is 4.78. The number of nitrogens with zero attached hydrogens (tertiary/aromatic N) is 4. The van der Waals surface area contributed by atoms with E-state index >= 15 is 0 Å². The first kappa shape index (κ1) is 15.0. The second kappa shape index (κ2) is 5.72. The van der Waals surface area contributed by atoms with Crippen molar-refractivity contribution in [3.8, 4) is 0 Å². The molecule has 1 aliphatic heterocycles. The maximum Gasteiger partial charge on any atom is 0.332 e. The van der Waals surface area contributed by atoms with Gasteiger partial charge in [-0.05, 0) is 26.3 Å². The summed E-state index contributed by atoms with van der Waals surface area (Å²) in [6.45, 7) is 6.06. The van der Waals surface area contributed by atoms with Crippen molar-refractivity contribution in [2.45, 2.75) is 52.2 Å². The predicted molar refractivity (Wildman–Crippen MR) is 85.3 cm³/mol. The zero-order chi connectivity index (χ0) is 15.9. The van der Waals surface area contributed by atoms with E-state index in [-0.39, 0.29) is 17.3 Å². The Morgan fingerprint density at radius 3 is 2.64 bits per heavy atom. The number of fused-ring (bicyclic) bond motifs is 1. The highest BCUT2D eigenvalue weighted by Gasteiger charge is 2.22. The molecule has 3 rings (SSSR count). The van der Waals surface area contributed by atoms with Gasteiger partial charge in [-0.3, -0.25) is 13.9 Å². The molecule has 2 aromatic heterocycles. The number of imidazole rings is 1. The minimum atomic E-state index is -0.283. The lowest BCUT2D eigenvalue weighted by atomic mass is 10.2. The van der Waals surface area contributed by atoms with Crippen LogP contribution in [0.1, 0.15) is 32.5 Å². The Balaban J connectivity index is 2.24. The van der Waals surface area contributed by atoms with Crippen molar-refractivity contribution in [3.63, 3.8) is 0 Å². The van der Waals surface area contributed by atoms with Crippen LogP contribution in [0, 0.1) is 0 Å². The molecule has 7 nitrogen and oxygen atoms in total. The molecule has 0 amide bonds. The van der Waals surface area contributed by atoms with Gasteiger partial charge in [-0.2, -0.15) is 0 Å². The summed E-state index contributed by atoms with van der Waals surface area (Å²) in [5.74, 6) is 0.848. The summed E-state index contributed by atoms with van der Waals surface area (Å²) in [5, 5.41) is 3.34. The average molecular weight is 305 g/mol. The van der Waals surface area contributed by atoms with Gasteiger partial charge in [-0.25, -0.2) is 9.78 Å². The monoisotopic (exact) mass is 305 g/mol. The molecule has 0 aromatic carbocycles. The third kappa shape index (κ3) is 2.20. The van der Waals surface area contributed by atoms with Gasteiger partial charge < -0.3 is 9.88 Å². The van der Waals surface area contributed by atoms with Crippen molar-refractivity contribution in [2.75, 3.05) is 6.54 Å². The minimum absolute atomic E-state index is 0.200. The van der Waals surface area contributed by atoms with E-state index in [2.05, 4.69) is 10.3 Å². The fourth-order valence-corrected chi connectivity index (χ4v) is 3.32. The summed E-state index contributed by atoms with van der Waals surface area (Å²) in [7, 11) is 1.69. The molecule has 1 aliphatic rings. The van der Waals surface area contributed by atoms with Gasteiger partial charge in [-0.1, -0.05) is 6.92 Å². The van der Waals surface area contributed by atoms with Crippen molar-refractivity contribution in [1.29, 1.82) is 0 Å². The molecule has 0 aliphatic carbocycles. The van der Waals surface area contributed by atoms with Crippen LogP contribution in [0.2, 0.25) is 0 Å². The Labute approximate surface area is 128 Å². The molecule has 3 heterocycles. The predicted octanol–water partition coefficient (Wildman–Crippen LogP) is 0.231. The molecule has 2 aromatic rings. The van der Waals surface area contributed by atoms with Gasteiger partial charge in [0.25, 0.3) is 5.56 Å². The van der Waals surface area contributed by atoms with Gasteiger partial charge >= 0.3 is 5.69 Å². The lowest BCUT2D eigenvalue weighted by Gasteiger charge is -2.13. The van der Waals surface area contributed by atoms with Crippen molar-refractivity contribution in [3.05, 3.63) is 26.7 Å². The summed E-state index contributed by atoms with van der Waals surface area (Å²) in [6, 6.07) is 0.200. The molecule has 0 saturated carbocycles. The average Bonchev–Trinajstić information content (AvgIpc) is 3.15. The Hall–Kier alpha value is -1.89. The molecule has 1 unspecified atom stereocenters. The topological polar surface area (TPSA) is 73.8 Å². The Morgan fingerprint density at radius 1 is 1.27 bits per heavy atom. The molecule has 1 fully saturated rings. The first-order chi connectivity index (χ1) is 10.6. The highest BCUT2D eigenvalue weighted by Crippen LogP contribution is 2.12. The van der Waals surface area contributed by atoms with E-state index in [1.807, 2.05) is 18.4 Å². The number of hydrogen-bond acceptors (Lipinski definition) is 4. The van der Waals surface area contributed by atoms with Crippen LogP contribution in [0.5, 0.6) is 0 Å². The standard InChI is InChI=1S/C15H23N5O2/c1-4-11-17-13-12(19(11)5-2)14(21)20(15(22)18(13)3)9-10-7-6-8-16-10/h10,16H,4-9H2,1-3H3. The largest absolute Gasteiger partial charge is 0.332 e. The van der Waals surface area contributed by atoms with E-state index in [9.17, 15) is 9.59 Å². The smallest absolute Gasteiger partial charge is 0.322 e. The molecular formula is C15H23N5O2.